The van der Waals surface area contributed by atoms with Gasteiger partial charge in [0.2, 0.25) is 47.3 Å². The van der Waals surface area contributed by atoms with E-state index in [-0.39, 0.29) is 98.3 Å². The first-order valence-corrected chi connectivity index (χ1v) is 28.5. The molecule has 5 aliphatic rings. The average Bonchev–Trinajstić information content (AvgIpc) is 4.14. The summed E-state index contributed by atoms with van der Waals surface area (Å²) in [5.74, 6) is -3.44. The Morgan fingerprint density at radius 1 is 0.562 bits per heavy atom. The molecule has 2 aliphatic heterocycles. The summed E-state index contributed by atoms with van der Waals surface area (Å²) in [6.07, 6.45) is 6.13. The van der Waals surface area contributed by atoms with Crippen LogP contribution >= 0.6 is 24.8 Å². The molecule has 1 saturated carbocycles. The number of benzene rings is 2. The molecular formula is C60H92Cl2N10O8. The number of nitrogens with zero attached hydrogens (tertiary/aromatic N) is 2. The Balaban J connectivity index is 0.00000588. The fourth-order valence-corrected chi connectivity index (χ4v) is 12.6. The van der Waals surface area contributed by atoms with Gasteiger partial charge in [0.15, 0.2) is 0 Å². The molecule has 2 saturated heterocycles. The molecule has 0 radical (unpaired) electrons. The molecule has 3 fully saturated rings. The fraction of sp³-hybridized carbons (Fsp3) is 0.667. The predicted molar refractivity (Wildman–Crippen MR) is 314 cm³/mol. The van der Waals surface area contributed by atoms with Gasteiger partial charge in [0.1, 0.15) is 24.2 Å². The molecule has 0 spiro atoms. The quantitative estimate of drug-likeness (QED) is 0.111. The Morgan fingerprint density at radius 2 is 0.963 bits per heavy atom. The van der Waals surface area contributed by atoms with Gasteiger partial charge in [-0.2, -0.15) is 0 Å². The third-order valence-corrected chi connectivity index (χ3v) is 18.3. The molecular weight excluding hydrogens is 1060 g/mol. The number of likely N-dealkylation sites (N-methyl/N-ethyl adjacent to an activating group) is 2. The highest BCUT2D eigenvalue weighted by molar-refractivity contribution is 5.96. The Hall–Kier alpha value is -5.30. The lowest BCUT2D eigenvalue weighted by atomic mass is 9.65. The monoisotopic (exact) mass is 1150 g/mol. The lowest BCUT2D eigenvalue weighted by molar-refractivity contribution is -0.144. The average molecular weight is 1150 g/mol. The van der Waals surface area contributed by atoms with Gasteiger partial charge in [-0.1, -0.05) is 111 Å². The summed E-state index contributed by atoms with van der Waals surface area (Å²) >= 11 is 0. The molecule has 12 atom stereocenters. The van der Waals surface area contributed by atoms with Crippen molar-refractivity contribution in [3.63, 3.8) is 0 Å². The zero-order valence-corrected chi connectivity index (χ0v) is 51.1. The van der Waals surface area contributed by atoms with E-state index < -0.39 is 87.7 Å². The first kappa shape index (κ1) is 65.5. The molecule has 80 heavy (non-hydrogen) atoms. The van der Waals surface area contributed by atoms with E-state index in [1.165, 1.54) is 20.9 Å². The smallest absolute Gasteiger partial charge is 0.246 e. The first-order valence-electron chi connectivity index (χ1n) is 28.5. The molecule has 3 aliphatic carbocycles. The maximum atomic E-state index is 14.9. The van der Waals surface area contributed by atoms with Gasteiger partial charge in [-0.15, -0.1) is 24.8 Å². The second-order valence-corrected chi connectivity index (χ2v) is 25.9. The van der Waals surface area contributed by atoms with Gasteiger partial charge in [0.05, 0.1) is 29.6 Å². The topological polar surface area (TPSA) is 239 Å². The van der Waals surface area contributed by atoms with Crippen LogP contribution in [-0.2, 0) is 51.2 Å². The van der Waals surface area contributed by atoms with E-state index in [0.717, 1.165) is 49.7 Å². The molecule has 20 heteroatoms. The maximum absolute atomic E-state index is 14.9. The SMILES string of the molecule is CN[C@@H](C)C(=O)N[C@H](C(=O)N1C[C@@H](NC(=O)[C@@H]2CC[C@](C)(C(=O)N[C@H]3C[C@@H](C(=O)N[C@@H]4CCCc5ccccc54)N(C(=O)[C@@H](NC(=O)[C@H](C)NC)C(C)(C)C)C3)C2(C)C)C[C@H]1C(=O)N[C@@H]1CCCc2ccccc21)C(C)(C)C.Cl.Cl. The van der Waals surface area contributed by atoms with Gasteiger partial charge in [0, 0.05) is 31.1 Å². The van der Waals surface area contributed by atoms with Crippen molar-refractivity contribution in [2.24, 2.45) is 27.6 Å². The molecule has 0 bridgehead atoms. The highest BCUT2D eigenvalue weighted by atomic mass is 35.5. The molecule has 18 nitrogen and oxygen atoms in total. The first-order chi connectivity index (χ1) is 36.6. The molecule has 2 aromatic rings. The second kappa shape index (κ2) is 26.3. The van der Waals surface area contributed by atoms with Crippen molar-refractivity contribution in [2.75, 3.05) is 27.2 Å². The summed E-state index contributed by atoms with van der Waals surface area (Å²) in [6, 6.07) is 9.36. The number of nitrogens with one attached hydrogen (secondary N) is 8. The third-order valence-electron chi connectivity index (χ3n) is 18.3. The van der Waals surface area contributed by atoms with Crippen molar-refractivity contribution < 1.29 is 38.4 Å². The maximum Gasteiger partial charge on any atom is 0.246 e. The van der Waals surface area contributed by atoms with Crippen molar-refractivity contribution in [1.29, 1.82) is 0 Å². The number of hydrogen-bond donors (Lipinski definition) is 8. The Bertz CT molecular complexity index is 2600. The number of halogens is 2. The van der Waals surface area contributed by atoms with Crippen LogP contribution in [0.3, 0.4) is 0 Å². The lowest BCUT2D eigenvalue weighted by Gasteiger charge is -2.40. The molecule has 7 rings (SSSR count). The second-order valence-electron chi connectivity index (χ2n) is 25.9. The van der Waals surface area contributed by atoms with Crippen LogP contribution in [0, 0.1) is 27.6 Å². The summed E-state index contributed by atoms with van der Waals surface area (Å²) < 4.78 is 0. The van der Waals surface area contributed by atoms with Crippen LogP contribution in [0.5, 0.6) is 0 Å². The van der Waals surface area contributed by atoms with Gasteiger partial charge in [-0.05, 0) is 131 Å². The number of fused-ring (bicyclic) bond motifs is 2. The summed E-state index contributed by atoms with van der Waals surface area (Å²) in [5, 5.41) is 24.7. The zero-order valence-electron chi connectivity index (χ0n) is 49.4. The van der Waals surface area contributed by atoms with Gasteiger partial charge in [0.25, 0.3) is 0 Å². The minimum Gasteiger partial charge on any atom is -0.351 e. The molecule has 2 heterocycles. The van der Waals surface area contributed by atoms with Crippen LogP contribution in [-0.4, -0.2) is 133 Å². The summed E-state index contributed by atoms with van der Waals surface area (Å²) in [5.41, 5.74) is 1.00. The molecule has 8 amide bonds. The number of amides is 8. The number of hydrogen-bond acceptors (Lipinski definition) is 10. The van der Waals surface area contributed by atoms with Crippen molar-refractivity contribution in [3.05, 3.63) is 70.8 Å². The van der Waals surface area contributed by atoms with Crippen molar-refractivity contribution >= 4 is 72.1 Å². The van der Waals surface area contributed by atoms with E-state index in [0.29, 0.717) is 12.8 Å². The van der Waals surface area contributed by atoms with E-state index in [4.69, 9.17) is 0 Å². The Labute approximate surface area is 486 Å². The number of rotatable bonds is 16. The zero-order chi connectivity index (χ0) is 57.2. The molecule has 0 aromatic heterocycles. The molecule has 444 valence electrons. The fourth-order valence-electron chi connectivity index (χ4n) is 12.6. The number of carbonyl (C=O) groups excluding carboxylic acids is 8. The predicted octanol–water partition coefficient (Wildman–Crippen LogP) is 5.11. The van der Waals surface area contributed by atoms with E-state index in [1.807, 2.05) is 98.7 Å². The lowest BCUT2D eigenvalue weighted by Crippen LogP contribution is -2.60. The number of likely N-dealkylation sites (tertiary alicyclic amines) is 2. The Morgan fingerprint density at radius 3 is 1.36 bits per heavy atom. The van der Waals surface area contributed by atoms with Crippen molar-refractivity contribution in [2.45, 2.75) is 201 Å². The largest absolute Gasteiger partial charge is 0.351 e. The Kier molecular flexibility index (Phi) is 21.5. The minimum absolute atomic E-state index is 0. The van der Waals surface area contributed by atoms with E-state index in [1.54, 1.807) is 27.9 Å². The molecule has 0 unspecified atom stereocenters. The van der Waals surface area contributed by atoms with Gasteiger partial charge in [-0.25, -0.2) is 0 Å². The van der Waals surface area contributed by atoms with Crippen molar-refractivity contribution in [3.8, 4) is 0 Å². The van der Waals surface area contributed by atoms with E-state index in [9.17, 15) is 38.4 Å². The van der Waals surface area contributed by atoms with Crippen LogP contribution in [0.15, 0.2) is 48.5 Å². The van der Waals surface area contributed by atoms with Crippen LogP contribution < -0.4 is 42.5 Å². The molecule has 2 aromatic carbocycles. The molecule has 8 N–H and O–H groups in total. The van der Waals surface area contributed by atoms with Gasteiger partial charge >= 0.3 is 0 Å². The van der Waals surface area contributed by atoms with Crippen molar-refractivity contribution in [1.82, 2.24) is 52.3 Å². The summed E-state index contributed by atoms with van der Waals surface area (Å²) in [7, 11) is 3.33. The normalized spacial score (nSPS) is 26.5. The van der Waals surface area contributed by atoms with Gasteiger partial charge < -0.3 is 52.3 Å². The van der Waals surface area contributed by atoms with E-state index >= 15 is 0 Å². The van der Waals surface area contributed by atoms with Gasteiger partial charge in [-0.3, -0.25) is 38.4 Å². The standard InChI is InChI=1S/C60H90N10O8.2ClH/c1-34(61-12)49(71)67-47(57(3,4)5)54(76)69-32-38(30-45(69)52(74)65-43-26-18-22-36-20-14-16-24-40(36)43)63-51(73)42-28-29-60(11,59(42,9)10)56(78)64-39-31-46(53(75)66-44-27-19-23-37-21-15-17-25-41(37)44)70(33-39)55(77)48(58(6,7)8)68-50(72)35(2)62-13;;/h14-17,20-21,24-25,34-35,38-39,42-48,61-62H,18-19,22-23,26-33H2,1-13H3,(H,63,73)(H,64,78)(H,65,74)(H,66,75)(H,67,71)(H,68,72);2*1H/t34-,35-,38-,39-,42-,43+,44+,45-,46-,47+,48+,60+;;/m0../s1. The van der Waals surface area contributed by atoms with Crippen LogP contribution in [0.1, 0.15) is 162 Å². The number of aryl methyl sites for hydroxylation is 2. The van der Waals surface area contributed by atoms with Crippen LogP contribution in [0.25, 0.3) is 0 Å². The van der Waals surface area contributed by atoms with E-state index in [2.05, 4.69) is 54.7 Å². The highest BCUT2D eigenvalue weighted by Gasteiger charge is 2.59. The minimum atomic E-state index is -1.07. The van der Waals surface area contributed by atoms with Crippen LogP contribution in [0.4, 0.5) is 0 Å². The summed E-state index contributed by atoms with van der Waals surface area (Å²) in [4.78, 5) is 118. The number of carbonyl (C=O) groups is 8. The third kappa shape index (κ3) is 13.9. The summed E-state index contributed by atoms with van der Waals surface area (Å²) in [6.45, 7) is 20.4. The highest BCUT2D eigenvalue weighted by Crippen LogP contribution is 2.56. The van der Waals surface area contributed by atoms with Crippen LogP contribution in [0.2, 0.25) is 0 Å².